The van der Waals surface area contributed by atoms with Crippen molar-refractivity contribution in [2.75, 3.05) is 0 Å². The van der Waals surface area contributed by atoms with Gasteiger partial charge in [0.15, 0.2) is 5.43 Å². The van der Waals surface area contributed by atoms with Gasteiger partial charge in [0.1, 0.15) is 24.2 Å². The first-order valence-electron chi connectivity index (χ1n) is 8.39. The molecule has 4 rings (SSSR count). The third-order valence-corrected chi connectivity index (χ3v) is 5.56. The van der Waals surface area contributed by atoms with Crippen LogP contribution in [0.3, 0.4) is 0 Å². The van der Waals surface area contributed by atoms with Crippen LogP contribution in [0.5, 0.6) is 5.75 Å². The van der Waals surface area contributed by atoms with Gasteiger partial charge < -0.3 is 9.15 Å². The highest BCUT2D eigenvalue weighted by atomic mass is 79.9. The van der Waals surface area contributed by atoms with E-state index in [1.165, 1.54) is 6.26 Å². The fourth-order valence-electron chi connectivity index (χ4n) is 2.82. The number of hydrogen-bond donors (Lipinski definition) is 0. The molecule has 3 nitrogen and oxygen atoms in total. The molecule has 0 atom stereocenters. The van der Waals surface area contributed by atoms with Crippen LogP contribution >= 0.6 is 39.1 Å². The van der Waals surface area contributed by atoms with E-state index in [4.69, 9.17) is 32.4 Å². The van der Waals surface area contributed by atoms with Crippen LogP contribution in [0.2, 0.25) is 10.0 Å². The summed E-state index contributed by atoms with van der Waals surface area (Å²) in [6, 6.07) is 18.0. The Balaban J connectivity index is 1.61. The molecule has 0 saturated heterocycles. The molecule has 0 fully saturated rings. The normalized spacial score (nSPS) is 11.0. The average molecular weight is 476 g/mol. The third-order valence-electron chi connectivity index (χ3n) is 4.29. The van der Waals surface area contributed by atoms with Crippen LogP contribution in [0, 0.1) is 0 Å². The standard InChI is InChI=1S/C22H13BrCl2O3/c23-15-4-2-14(3-5-15)18-12-28-21-10-16(6-7-17(21)22(18)26)27-11-13-1-8-19(24)20(25)9-13/h1-10,12H,11H2. The summed E-state index contributed by atoms with van der Waals surface area (Å²) in [4.78, 5) is 12.8. The van der Waals surface area contributed by atoms with Gasteiger partial charge in [-0.1, -0.05) is 57.3 Å². The smallest absolute Gasteiger partial charge is 0.200 e. The number of rotatable bonds is 4. The first kappa shape index (κ1) is 19.1. The fraction of sp³-hybridized carbons (Fsp3) is 0.0455. The average Bonchev–Trinajstić information content (AvgIpc) is 2.70. The van der Waals surface area contributed by atoms with Crippen LogP contribution in [0.25, 0.3) is 22.1 Å². The van der Waals surface area contributed by atoms with Crippen molar-refractivity contribution in [2.45, 2.75) is 6.61 Å². The lowest BCUT2D eigenvalue weighted by molar-refractivity contribution is 0.306. The Morgan fingerprint density at radius 2 is 1.71 bits per heavy atom. The maximum absolute atomic E-state index is 12.8. The monoisotopic (exact) mass is 474 g/mol. The van der Waals surface area contributed by atoms with E-state index in [-0.39, 0.29) is 5.43 Å². The molecule has 0 spiro atoms. The Hall–Kier alpha value is -2.27. The van der Waals surface area contributed by atoms with Gasteiger partial charge in [-0.3, -0.25) is 4.79 Å². The number of halogens is 3. The minimum atomic E-state index is -0.0837. The largest absolute Gasteiger partial charge is 0.489 e. The molecule has 140 valence electrons. The predicted octanol–water partition coefficient (Wildman–Crippen LogP) is 7.11. The highest BCUT2D eigenvalue weighted by Crippen LogP contribution is 2.26. The van der Waals surface area contributed by atoms with Crippen molar-refractivity contribution < 1.29 is 9.15 Å². The van der Waals surface area contributed by atoms with Crippen molar-refractivity contribution in [3.63, 3.8) is 0 Å². The molecule has 6 heteroatoms. The summed E-state index contributed by atoms with van der Waals surface area (Å²) < 4.78 is 12.4. The molecular weight excluding hydrogens is 463 g/mol. The van der Waals surface area contributed by atoms with Gasteiger partial charge in [-0.15, -0.1) is 0 Å². The summed E-state index contributed by atoms with van der Waals surface area (Å²) in [7, 11) is 0. The molecule has 0 radical (unpaired) electrons. The molecule has 0 amide bonds. The number of hydrogen-bond acceptors (Lipinski definition) is 3. The van der Waals surface area contributed by atoms with E-state index in [2.05, 4.69) is 15.9 Å². The van der Waals surface area contributed by atoms with Crippen LogP contribution in [0.15, 0.2) is 80.6 Å². The van der Waals surface area contributed by atoms with Crippen LogP contribution in [0.4, 0.5) is 0 Å². The molecule has 0 unspecified atom stereocenters. The van der Waals surface area contributed by atoms with Gasteiger partial charge in [0, 0.05) is 10.5 Å². The number of ether oxygens (including phenoxy) is 1. The molecule has 0 aliphatic carbocycles. The number of fused-ring (bicyclic) bond motifs is 1. The minimum absolute atomic E-state index is 0.0837. The van der Waals surface area contributed by atoms with E-state index >= 15 is 0 Å². The molecule has 0 aliphatic rings. The predicted molar refractivity (Wildman–Crippen MR) is 116 cm³/mol. The number of benzene rings is 3. The van der Waals surface area contributed by atoms with Crippen molar-refractivity contribution in [3.05, 3.63) is 97.2 Å². The molecule has 28 heavy (non-hydrogen) atoms. The first-order valence-corrected chi connectivity index (χ1v) is 9.94. The Labute approximate surface area is 179 Å². The maximum Gasteiger partial charge on any atom is 0.200 e. The van der Waals surface area contributed by atoms with E-state index in [0.717, 1.165) is 15.6 Å². The van der Waals surface area contributed by atoms with Crippen molar-refractivity contribution in [3.8, 4) is 16.9 Å². The Kier molecular flexibility index (Phi) is 5.44. The van der Waals surface area contributed by atoms with E-state index in [0.29, 0.717) is 38.9 Å². The second-order valence-corrected chi connectivity index (χ2v) is 7.91. The van der Waals surface area contributed by atoms with Gasteiger partial charge in [0.2, 0.25) is 0 Å². The lowest BCUT2D eigenvalue weighted by Crippen LogP contribution is -2.05. The summed E-state index contributed by atoms with van der Waals surface area (Å²) in [6.07, 6.45) is 1.48. The Morgan fingerprint density at radius 3 is 2.46 bits per heavy atom. The zero-order valence-electron chi connectivity index (χ0n) is 14.4. The zero-order valence-corrected chi connectivity index (χ0v) is 17.5. The molecular formula is C22H13BrCl2O3. The van der Waals surface area contributed by atoms with Gasteiger partial charge in [-0.05, 0) is 47.5 Å². The molecule has 3 aromatic carbocycles. The quantitative estimate of drug-likeness (QED) is 0.315. The summed E-state index contributed by atoms with van der Waals surface area (Å²) in [6.45, 7) is 0.323. The summed E-state index contributed by atoms with van der Waals surface area (Å²) >= 11 is 15.3. The Bertz CT molecular complexity index is 1220. The molecule has 1 aromatic heterocycles. The van der Waals surface area contributed by atoms with Gasteiger partial charge in [0.25, 0.3) is 0 Å². The van der Waals surface area contributed by atoms with E-state index in [9.17, 15) is 4.79 Å². The third kappa shape index (κ3) is 3.95. The summed E-state index contributed by atoms with van der Waals surface area (Å²) in [5.41, 5.74) is 2.60. The molecule has 0 bridgehead atoms. The van der Waals surface area contributed by atoms with Crippen LogP contribution in [0.1, 0.15) is 5.56 Å². The van der Waals surface area contributed by atoms with E-state index < -0.39 is 0 Å². The minimum Gasteiger partial charge on any atom is -0.489 e. The van der Waals surface area contributed by atoms with Gasteiger partial charge in [-0.2, -0.15) is 0 Å². The molecule has 0 N–H and O–H groups in total. The topological polar surface area (TPSA) is 39.4 Å². The second kappa shape index (κ2) is 8.00. The Morgan fingerprint density at radius 1 is 0.929 bits per heavy atom. The lowest BCUT2D eigenvalue weighted by atomic mass is 10.1. The first-order chi connectivity index (χ1) is 13.5. The van der Waals surface area contributed by atoms with Crippen molar-refractivity contribution >= 4 is 50.1 Å². The SMILES string of the molecule is O=c1c(-c2ccc(Br)cc2)coc2cc(OCc3ccc(Cl)c(Cl)c3)ccc12. The second-order valence-electron chi connectivity index (χ2n) is 6.18. The maximum atomic E-state index is 12.8. The van der Waals surface area contributed by atoms with Crippen LogP contribution < -0.4 is 10.2 Å². The molecule has 0 aliphatic heterocycles. The van der Waals surface area contributed by atoms with E-state index in [1.807, 2.05) is 30.3 Å². The zero-order chi connectivity index (χ0) is 19.7. The van der Waals surface area contributed by atoms with Crippen molar-refractivity contribution in [1.82, 2.24) is 0 Å². The highest BCUT2D eigenvalue weighted by molar-refractivity contribution is 9.10. The van der Waals surface area contributed by atoms with Crippen molar-refractivity contribution in [2.24, 2.45) is 0 Å². The lowest BCUT2D eigenvalue weighted by Gasteiger charge is -2.08. The van der Waals surface area contributed by atoms with Crippen LogP contribution in [-0.4, -0.2) is 0 Å². The molecule has 4 aromatic rings. The highest BCUT2D eigenvalue weighted by Gasteiger charge is 2.10. The summed E-state index contributed by atoms with van der Waals surface area (Å²) in [5, 5.41) is 1.48. The van der Waals surface area contributed by atoms with Gasteiger partial charge in [-0.25, -0.2) is 0 Å². The van der Waals surface area contributed by atoms with Gasteiger partial charge in [0.05, 0.1) is 21.0 Å². The molecule has 1 heterocycles. The van der Waals surface area contributed by atoms with E-state index in [1.54, 1.807) is 30.3 Å². The van der Waals surface area contributed by atoms with Crippen LogP contribution in [-0.2, 0) is 6.61 Å². The fourth-order valence-corrected chi connectivity index (χ4v) is 3.41. The van der Waals surface area contributed by atoms with Gasteiger partial charge >= 0.3 is 0 Å². The summed E-state index contributed by atoms with van der Waals surface area (Å²) in [5.74, 6) is 0.595. The van der Waals surface area contributed by atoms with Crippen molar-refractivity contribution in [1.29, 1.82) is 0 Å². The molecule has 0 saturated carbocycles.